The minimum Gasteiger partial charge on any atom is -0.396 e. The predicted molar refractivity (Wildman–Crippen MR) is 56.0 cm³/mol. The molecule has 1 N–H and O–H groups in total. The highest BCUT2D eigenvalue weighted by Crippen LogP contribution is 2.29. The van der Waals surface area contributed by atoms with E-state index in [1.54, 1.807) is 0 Å². The highest BCUT2D eigenvalue weighted by molar-refractivity contribution is 5.27. The molecular formula is C12H13F3O. The summed E-state index contributed by atoms with van der Waals surface area (Å²) in [5.74, 6) is 0. The zero-order valence-corrected chi connectivity index (χ0v) is 8.72. The SMILES string of the molecule is C=C(CCO)Cc1ccc(C(F)(F)F)cc1. The van der Waals surface area contributed by atoms with Crippen LogP contribution in [0.3, 0.4) is 0 Å². The van der Waals surface area contributed by atoms with Crippen LogP contribution in [0.4, 0.5) is 13.2 Å². The summed E-state index contributed by atoms with van der Waals surface area (Å²) in [6, 6.07) is 4.99. The van der Waals surface area contributed by atoms with Crippen molar-refractivity contribution in [1.29, 1.82) is 0 Å². The van der Waals surface area contributed by atoms with Crippen LogP contribution in [0.5, 0.6) is 0 Å². The number of alkyl halides is 3. The van der Waals surface area contributed by atoms with Gasteiger partial charge in [0.05, 0.1) is 5.56 Å². The molecule has 0 amide bonds. The fourth-order valence-electron chi connectivity index (χ4n) is 1.35. The van der Waals surface area contributed by atoms with Crippen molar-refractivity contribution in [3.63, 3.8) is 0 Å². The zero-order valence-electron chi connectivity index (χ0n) is 8.72. The van der Waals surface area contributed by atoms with Crippen molar-refractivity contribution in [3.8, 4) is 0 Å². The lowest BCUT2D eigenvalue weighted by Crippen LogP contribution is -2.04. The molecule has 0 unspecified atom stereocenters. The van der Waals surface area contributed by atoms with Gasteiger partial charge in [0.25, 0.3) is 0 Å². The monoisotopic (exact) mass is 230 g/mol. The average Bonchev–Trinajstić information content (AvgIpc) is 2.17. The van der Waals surface area contributed by atoms with Crippen molar-refractivity contribution in [2.45, 2.75) is 19.0 Å². The highest BCUT2D eigenvalue weighted by Gasteiger charge is 2.29. The van der Waals surface area contributed by atoms with E-state index in [1.807, 2.05) is 0 Å². The van der Waals surface area contributed by atoms with Gasteiger partial charge in [0.15, 0.2) is 0 Å². The maximum absolute atomic E-state index is 12.3. The van der Waals surface area contributed by atoms with Crippen molar-refractivity contribution < 1.29 is 18.3 Å². The van der Waals surface area contributed by atoms with E-state index in [0.717, 1.165) is 23.3 Å². The lowest BCUT2D eigenvalue weighted by atomic mass is 10.0. The number of rotatable bonds is 4. The van der Waals surface area contributed by atoms with Gasteiger partial charge in [0.2, 0.25) is 0 Å². The molecule has 0 aliphatic carbocycles. The molecule has 0 saturated carbocycles. The summed E-state index contributed by atoms with van der Waals surface area (Å²) in [7, 11) is 0. The Morgan fingerprint density at radius 3 is 2.19 bits per heavy atom. The molecule has 0 radical (unpaired) electrons. The molecule has 0 bridgehead atoms. The molecule has 1 rings (SSSR count). The van der Waals surface area contributed by atoms with Crippen LogP contribution in [0.25, 0.3) is 0 Å². The third kappa shape index (κ3) is 3.70. The van der Waals surface area contributed by atoms with E-state index >= 15 is 0 Å². The first-order valence-corrected chi connectivity index (χ1v) is 4.87. The molecule has 0 aromatic heterocycles. The topological polar surface area (TPSA) is 20.2 Å². The van der Waals surface area contributed by atoms with Crippen molar-refractivity contribution in [1.82, 2.24) is 0 Å². The minimum absolute atomic E-state index is 0.0134. The first-order valence-electron chi connectivity index (χ1n) is 4.87. The third-order valence-electron chi connectivity index (χ3n) is 2.20. The van der Waals surface area contributed by atoms with Crippen LogP contribution < -0.4 is 0 Å². The summed E-state index contributed by atoms with van der Waals surface area (Å²) in [5.41, 5.74) is 0.928. The average molecular weight is 230 g/mol. The van der Waals surface area contributed by atoms with Crippen LogP contribution in [0, 0.1) is 0 Å². The second-order valence-electron chi connectivity index (χ2n) is 3.60. The number of benzene rings is 1. The van der Waals surface area contributed by atoms with Crippen LogP contribution in [0.2, 0.25) is 0 Å². The lowest BCUT2D eigenvalue weighted by Gasteiger charge is -2.08. The molecule has 0 aliphatic heterocycles. The maximum Gasteiger partial charge on any atom is 0.416 e. The number of aliphatic hydroxyl groups is 1. The van der Waals surface area contributed by atoms with Crippen LogP contribution in [0.1, 0.15) is 17.5 Å². The summed E-state index contributed by atoms with van der Waals surface area (Å²) in [4.78, 5) is 0. The van der Waals surface area contributed by atoms with Gasteiger partial charge in [-0.15, -0.1) is 0 Å². The molecule has 4 heteroatoms. The smallest absolute Gasteiger partial charge is 0.396 e. The van der Waals surface area contributed by atoms with E-state index in [-0.39, 0.29) is 6.61 Å². The molecule has 1 nitrogen and oxygen atoms in total. The van der Waals surface area contributed by atoms with Gasteiger partial charge < -0.3 is 5.11 Å². The van der Waals surface area contributed by atoms with E-state index in [2.05, 4.69) is 6.58 Å². The first kappa shape index (κ1) is 12.8. The Kier molecular flexibility index (Phi) is 4.12. The Morgan fingerprint density at radius 2 is 1.75 bits per heavy atom. The Balaban J connectivity index is 2.69. The van der Waals surface area contributed by atoms with Crippen molar-refractivity contribution in [2.24, 2.45) is 0 Å². The molecule has 0 fully saturated rings. The quantitative estimate of drug-likeness (QED) is 0.787. The van der Waals surface area contributed by atoms with Gasteiger partial charge in [0, 0.05) is 6.61 Å². The lowest BCUT2D eigenvalue weighted by molar-refractivity contribution is -0.137. The van der Waals surface area contributed by atoms with Gasteiger partial charge in [-0.2, -0.15) is 13.2 Å². The summed E-state index contributed by atoms with van der Waals surface area (Å²) in [5, 5.41) is 8.66. The van der Waals surface area contributed by atoms with E-state index in [4.69, 9.17) is 5.11 Å². The summed E-state index contributed by atoms with van der Waals surface area (Å²) >= 11 is 0. The molecule has 0 atom stereocenters. The zero-order chi connectivity index (χ0) is 12.2. The second kappa shape index (κ2) is 5.16. The summed E-state index contributed by atoms with van der Waals surface area (Å²) in [6.07, 6.45) is -3.32. The van der Waals surface area contributed by atoms with Gasteiger partial charge >= 0.3 is 6.18 Å². The van der Waals surface area contributed by atoms with E-state index in [1.165, 1.54) is 12.1 Å². The largest absolute Gasteiger partial charge is 0.416 e. The molecule has 0 spiro atoms. The van der Waals surface area contributed by atoms with Gasteiger partial charge in [-0.25, -0.2) is 0 Å². The molecule has 16 heavy (non-hydrogen) atoms. The fourth-order valence-corrected chi connectivity index (χ4v) is 1.35. The maximum atomic E-state index is 12.3. The van der Waals surface area contributed by atoms with Crippen LogP contribution in [-0.2, 0) is 12.6 Å². The fraction of sp³-hybridized carbons (Fsp3) is 0.333. The molecule has 88 valence electrons. The Hall–Kier alpha value is -1.29. The van der Waals surface area contributed by atoms with Crippen LogP contribution in [-0.4, -0.2) is 11.7 Å². The van der Waals surface area contributed by atoms with Gasteiger partial charge in [-0.3, -0.25) is 0 Å². The predicted octanol–water partition coefficient (Wildman–Crippen LogP) is 3.19. The molecule has 0 heterocycles. The summed E-state index contributed by atoms with van der Waals surface area (Å²) in [6.45, 7) is 3.74. The van der Waals surface area contributed by atoms with Gasteiger partial charge in [0.1, 0.15) is 0 Å². The van der Waals surface area contributed by atoms with E-state index in [0.29, 0.717) is 12.8 Å². The van der Waals surface area contributed by atoms with E-state index in [9.17, 15) is 13.2 Å². The molecule has 0 aliphatic rings. The van der Waals surface area contributed by atoms with E-state index < -0.39 is 11.7 Å². The number of hydrogen-bond acceptors (Lipinski definition) is 1. The first-order chi connectivity index (χ1) is 7.43. The van der Waals surface area contributed by atoms with Gasteiger partial charge in [-0.1, -0.05) is 24.3 Å². The molecule has 1 aromatic carbocycles. The molecular weight excluding hydrogens is 217 g/mol. The highest BCUT2D eigenvalue weighted by atomic mass is 19.4. The number of halogens is 3. The second-order valence-corrected chi connectivity index (χ2v) is 3.60. The van der Waals surface area contributed by atoms with Crippen LogP contribution >= 0.6 is 0 Å². The van der Waals surface area contributed by atoms with Gasteiger partial charge in [-0.05, 0) is 30.5 Å². The Labute approximate surface area is 92.2 Å². The third-order valence-corrected chi connectivity index (χ3v) is 2.20. The number of aliphatic hydroxyl groups excluding tert-OH is 1. The summed E-state index contributed by atoms with van der Waals surface area (Å²) < 4.78 is 36.8. The van der Waals surface area contributed by atoms with Crippen molar-refractivity contribution in [3.05, 3.63) is 47.5 Å². The Morgan fingerprint density at radius 1 is 1.19 bits per heavy atom. The van der Waals surface area contributed by atoms with Crippen molar-refractivity contribution in [2.75, 3.05) is 6.61 Å². The number of hydrogen-bond donors (Lipinski definition) is 1. The normalized spacial score (nSPS) is 11.5. The standard InChI is InChI=1S/C12H13F3O/c1-9(6-7-16)8-10-2-4-11(5-3-10)12(13,14)15/h2-5,16H,1,6-8H2. The van der Waals surface area contributed by atoms with Crippen LogP contribution in [0.15, 0.2) is 36.4 Å². The minimum atomic E-state index is -4.29. The molecule has 0 saturated heterocycles. The van der Waals surface area contributed by atoms with Crippen molar-refractivity contribution >= 4 is 0 Å². The molecule has 1 aromatic rings. The Bertz CT molecular complexity index is 352.